The number of hydrogen-bond acceptors (Lipinski definition) is 3. The van der Waals surface area contributed by atoms with Crippen LogP contribution in [0.3, 0.4) is 0 Å². The highest BCUT2D eigenvalue weighted by molar-refractivity contribution is 5.35. The van der Waals surface area contributed by atoms with E-state index in [1.807, 2.05) is 0 Å². The minimum Gasteiger partial charge on any atom is -0.314 e. The lowest BCUT2D eigenvalue weighted by molar-refractivity contribution is -0.387. The Bertz CT molecular complexity index is 405. The molecule has 4 nitrogen and oxygen atoms in total. The molecule has 1 N–H and O–H groups in total. The molecule has 1 aliphatic carbocycles. The van der Waals surface area contributed by atoms with Crippen LogP contribution >= 0.6 is 0 Å². The second-order valence-corrected chi connectivity index (χ2v) is 4.02. The first-order valence-corrected chi connectivity index (χ1v) is 5.33. The van der Waals surface area contributed by atoms with Crippen LogP contribution in [0, 0.1) is 15.9 Å². The van der Waals surface area contributed by atoms with E-state index in [1.165, 1.54) is 25.0 Å². The molecule has 0 radical (unpaired) electrons. The van der Waals surface area contributed by atoms with Crippen LogP contribution in [-0.4, -0.2) is 17.5 Å². The van der Waals surface area contributed by atoms with Gasteiger partial charge >= 0.3 is 5.69 Å². The van der Waals surface area contributed by atoms with Gasteiger partial charge in [0.1, 0.15) is 0 Å². The largest absolute Gasteiger partial charge is 0.314 e. The van der Waals surface area contributed by atoms with Crippen molar-refractivity contribution in [2.24, 2.45) is 0 Å². The predicted molar refractivity (Wildman–Crippen MR) is 57.8 cm³/mol. The normalized spacial score (nSPS) is 15.1. The molecule has 16 heavy (non-hydrogen) atoms. The van der Waals surface area contributed by atoms with E-state index in [9.17, 15) is 14.5 Å². The fraction of sp³-hybridized carbons (Fsp3) is 0.455. The fourth-order valence-electron chi connectivity index (χ4n) is 1.56. The van der Waals surface area contributed by atoms with E-state index in [0.29, 0.717) is 12.5 Å². The first-order valence-electron chi connectivity index (χ1n) is 5.33. The van der Waals surface area contributed by atoms with Gasteiger partial charge in [-0.25, -0.2) is 0 Å². The molecule has 0 aliphatic heterocycles. The molecule has 5 heteroatoms. The second kappa shape index (κ2) is 4.57. The smallest absolute Gasteiger partial charge is 0.304 e. The summed E-state index contributed by atoms with van der Waals surface area (Å²) in [5.41, 5.74) is 0.329. The molecule has 86 valence electrons. The maximum absolute atomic E-state index is 13.2. The van der Waals surface area contributed by atoms with Gasteiger partial charge in [-0.2, -0.15) is 4.39 Å². The van der Waals surface area contributed by atoms with Crippen LogP contribution in [0.2, 0.25) is 0 Å². The summed E-state index contributed by atoms with van der Waals surface area (Å²) in [5.74, 6) is -0.756. The van der Waals surface area contributed by atoms with Crippen LogP contribution in [0.4, 0.5) is 10.1 Å². The number of nitro groups is 1. The molecule has 1 aromatic carbocycles. The third-order valence-corrected chi connectivity index (χ3v) is 2.63. The summed E-state index contributed by atoms with van der Waals surface area (Å²) in [5, 5.41) is 13.7. The van der Waals surface area contributed by atoms with Crippen LogP contribution in [0.15, 0.2) is 18.2 Å². The molecule has 0 heterocycles. The fourth-order valence-corrected chi connectivity index (χ4v) is 1.56. The first kappa shape index (κ1) is 11.0. The van der Waals surface area contributed by atoms with E-state index in [0.717, 1.165) is 12.1 Å². The highest BCUT2D eigenvalue weighted by Gasteiger charge is 2.20. The van der Waals surface area contributed by atoms with Crippen molar-refractivity contribution in [3.63, 3.8) is 0 Å². The Balaban J connectivity index is 1.93. The van der Waals surface area contributed by atoms with Crippen molar-refractivity contribution in [3.05, 3.63) is 39.7 Å². The van der Waals surface area contributed by atoms with Crippen molar-refractivity contribution < 1.29 is 9.31 Å². The summed E-state index contributed by atoms with van der Waals surface area (Å²) in [6, 6.07) is 4.70. The number of rotatable bonds is 5. The molecule has 1 aliphatic rings. The Labute approximate surface area is 92.6 Å². The van der Waals surface area contributed by atoms with Crippen LogP contribution in [0.1, 0.15) is 18.4 Å². The van der Waals surface area contributed by atoms with Crippen molar-refractivity contribution in [1.29, 1.82) is 0 Å². The molecule has 0 aromatic heterocycles. The lowest BCUT2D eigenvalue weighted by Crippen LogP contribution is -2.19. The van der Waals surface area contributed by atoms with Gasteiger partial charge in [0, 0.05) is 12.1 Å². The molecule has 1 saturated carbocycles. The van der Waals surface area contributed by atoms with Gasteiger partial charge in [-0.15, -0.1) is 0 Å². The predicted octanol–water partition coefficient (Wildman–Crippen LogP) is 2.03. The Morgan fingerprint density at radius 1 is 1.50 bits per heavy atom. The van der Waals surface area contributed by atoms with Crippen molar-refractivity contribution >= 4 is 5.69 Å². The van der Waals surface area contributed by atoms with Crippen molar-refractivity contribution in [2.45, 2.75) is 25.3 Å². The SMILES string of the molecule is O=[N+]([O-])c1ccc(CCNC2CC2)cc1F. The number of nitrogens with one attached hydrogen (secondary N) is 1. The average Bonchev–Trinajstić information content (AvgIpc) is 3.01. The van der Waals surface area contributed by atoms with Gasteiger partial charge in [-0.3, -0.25) is 10.1 Å². The third kappa shape index (κ3) is 2.76. The zero-order chi connectivity index (χ0) is 11.5. The first-order chi connectivity index (χ1) is 7.66. The summed E-state index contributed by atoms with van der Waals surface area (Å²) in [6.45, 7) is 0.794. The molecule has 0 spiro atoms. The topological polar surface area (TPSA) is 55.2 Å². The zero-order valence-electron chi connectivity index (χ0n) is 8.78. The van der Waals surface area contributed by atoms with Crippen LogP contribution < -0.4 is 5.32 Å². The molecule has 0 saturated heterocycles. The Morgan fingerprint density at radius 2 is 2.25 bits per heavy atom. The minimum absolute atomic E-state index is 0.459. The molecule has 0 bridgehead atoms. The maximum atomic E-state index is 13.2. The minimum atomic E-state index is -0.756. The van der Waals surface area contributed by atoms with Crippen molar-refractivity contribution in [3.8, 4) is 0 Å². The molecular formula is C11H13FN2O2. The lowest BCUT2D eigenvalue weighted by atomic mass is 10.1. The summed E-state index contributed by atoms with van der Waals surface area (Å²) < 4.78 is 13.2. The maximum Gasteiger partial charge on any atom is 0.304 e. The van der Waals surface area contributed by atoms with E-state index < -0.39 is 16.4 Å². The van der Waals surface area contributed by atoms with Gasteiger partial charge in [0.25, 0.3) is 0 Å². The number of halogens is 1. The molecule has 0 atom stereocenters. The molecule has 2 rings (SSSR count). The third-order valence-electron chi connectivity index (χ3n) is 2.63. The molecule has 0 unspecified atom stereocenters. The Kier molecular flexibility index (Phi) is 3.14. The van der Waals surface area contributed by atoms with Gasteiger partial charge in [0.15, 0.2) is 0 Å². The number of nitro benzene ring substituents is 1. The summed E-state index contributed by atoms with van der Waals surface area (Å²) in [7, 11) is 0. The van der Waals surface area contributed by atoms with Gasteiger partial charge in [-0.05, 0) is 37.4 Å². The Morgan fingerprint density at radius 3 is 2.81 bits per heavy atom. The highest BCUT2D eigenvalue weighted by atomic mass is 19.1. The Hall–Kier alpha value is -1.49. The summed E-state index contributed by atoms with van der Waals surface area (Å²) in [6.07, 6.45) is 3.13. The number of hydrogen-bond donors (Lipinski definition) is 1. The summed E-state index contributed by atoms with van der Waals surface area (Å²) in [4.78, 5) is 9.69. The average molecular weight is 224 g/mol. The monoisotopic (exact) mass is 224 g/mol. The van der Waals surface area contributed by atoms with E-state index in [1.54, 1.807) is 6.07 Å². The van der Waals surface area contributed by atoms with Gasteiger partial charge in [0.2, 0.25) is 5.82 Å². The van der Waals surface area contributed by atoms with Gasteiger partial charge < -0.3 is 5.32 Å². The molecule has 1 fully saturated rings. The van der Waals surface area contributed by atoms with Crippen LogP contribution in [0.5, 0.6) is 0 Å². The molecular weight excluding hydrogens is 211 g/mol. The van der Waals surface area contributed by atoms with Crippen molar-refractivity contribution in [1.82, 2.24) is 5.32 Å². The quantitative estimate of drug-likeness (QED) is 0.615. The van der Waals surface area contributed by atoms with E-state index in [2.05, 4.69) is 5.32 Å². The number of benzene rings is 1. The summed E-state index contributed by atoms with van der Waals surface area (Å²) >= 11 is 0. The van der Waals surface area contributed by atoms with E-state index >= 15 is 0 Å². The molecule has 1 aromatic rings. The van der Waals surface area contributed by atoms with E-state index in [4.69, 9.17) is 0 Å². The second-order valence-electron chi connectivity index (χ2n) is 4.02. The van der Waals surface area contributed by atoms with E-state index in [-0.39, 0.29) is 0 Å². The standard InChI is InChI=1S/C11H13FN2O2/c12-10-7-8(1-4-11(10)14(15)16)5-6-13-9-2-3-9/h1,4,7,9,13H,2-3,5-6H2. The van der Waals surface area contributed by atoms with Gasteiger partial charge in [-0.1, -0.05) is 6.07 Å². The van der Waals surface area contributed by atoms with Gasteiger partial charge in [0.05, 0.1) is 4.92 Å². The van der Waals surface area contributed by atoms with Crippen molar-refractivity contribution in [2.75, 3.05) is 6.54 Å². The highest BCUT2D eigenvalue weighted by Crippen LogP contribution is 2.20. The zero-order valence-corrected chi connectivity index (χ0v) is 8.78. The molecule has 0 amide bonds. The van der Waals surface area contributed by atoms with Crippen LogP contribution in [-0.2, 0) is 6.42 Å². The van der Waals surface area contributed by atoms with Crippen LogP contribution in [0.25, 0.3) is 0 Å². The lowest BCUT2D eigenvalue weighted by Gasteiger charge is -2.03. The number of nitrogens with zero attached hydrogens (tertiary/aromatic N) is 1.